The molecule has 1 aliphatic heterocycles. The summed E-state index contributed by atoms with van der Waals surface area (Å²) < 4.78 is 41.2. The van der Waals surface area contributed by atoms with Crippen LogP contribution in [-0.2, 0) is 16.6 Å². The zero-order valence-electron chi connectivity index (χ0n) is 19.0. The molecule has 1 aromatic heterocycles. The number of nitrogens with zero attached hydrogens (tertiary/aromatic N) is 4. The highest BCUT2D eigenvalue weighted by Crippen LogP contribution is 2.33. The van der Waals surface area contributed by atoms with Crippen LogP contribution in [0.1, 0.15) is 36.8 Å². The van der Waals surface area contributed by atoms with Crippen molar-refractivity contribution in [1.29, 1.82) is 0 Å². The lowest BCUT2D eigenvalue weighted by atomic mass is 9.99. The number of anilines is 1. The Balaban J connectivity index is 2.05. The van der Waals surface area contributed by atoms with Crippen molar-refractivity contribution in [2.24, 2.45) is 4.99 Å². The molecule has 9 nitrogen and oxygen atoms in total. The quantitative estimate of drug-likeness (QED) is 0.535. The lowest BCUT2D eigenvalue weighted by molar-refractivity contribution is -0.591. The lowest BCUT2D eigenvalue weighted by Gasteiger charge is -2.14. The van der Waals surface area contributed by atoms with Gasteiger partial charge in [-0.3, -0.25) is 4.99 Å². The maximum atomic E-state index is 12.1. The molecule has 0 aliphatic carbocycles. The second-order valence-electron chi connectivity index (χ2n) is 7.59. The molecule has 0 fully saturated rings. The molecule has 2 heterocycles. The topological polar surface area (TPSA) is 98.7 Å². The summed E-state index contributed by atoms with van der Waals surface area (Å²) in [4.78, 5) is 5.03. The summed E-state index contributed by atoms with van der Waals surface area (Å²) >= 11 is 6.39. The van der Waals surface area contributed by atoms with Crippen molar-refractivity contribution < 1.29 is 22.5 Å². The van der Waals surface area contributed by atoms with Crippen LogP contribution >= 0.6 is 11.6 Å². The SMILES string of the molecule is CCn1nc(NS(C)(=O)=O)[n+]2c1C(C)N=C(c1ccc(OC)cc1OC)c1ccc(Cl)cc1-2. The minimum Gasteiger partial charge on any atom is -0.497 e. The zero-order valence-corrected chi connectivity index (χ0v) is 20.5. The number of fused-ring (bicyclic) bond motifs is 3. The van der Waals surface area contributed by atoms with Crippen LogP contribution in [0.2, 0.25) is 5.02 Å². The third-order valence-electron chi connectivity index (χ3n) is 5.31. The van der Waals surface area contributed by atoms with E-state index in [4.69, 9.17) is 26.1 Å². The summed E-state index contributed by atoms with van der Waals surface area (Å²) in [5.74, 6) is 2.15. The van der Waals surface area contributed by atoms with E-state index in [1.54, 1.807) is 41.7 Å². The van der Waals surface area contributed by atoms with E-state index in [2.05, 4.69) is 9.82 Å². The Labute approximate surface area is 197 Å². The van der Waals surface area contributed by atoms with Gasteiger partial charge in [-0.25, -0.2) is 0 Å². The van der Waals surface area contributed by atoms with Crippen molar-refractivity contribution in [3.05, 3.63) is 58.4 Å². The molecule has 33 heavy (non-hydrogen) atoms. The standard InChI is InChI=1S/C22H25ClN5O4S/c1-6-27-21-13(2)24-20(17-10-8-15(31-3)12-19(17)32-4)16-9-7-14(23)11-18(16)28(21)22(25-27)26-33(5,29)30/h7-13H,6H2,1-5H3,(H,25,26)/q+1. The number of benzene rings is 2. The summed E-state index contributed by atoms with van der Waals surface area (Å²) in [5, 5.41) is 5.00. The van der Waals surface area contributed by atoms with Crippen molar-refractivity contribution in [2.75, 3.05) is 25.2 Å². The van der Waals surface area contributed by atoms with Gasteiger partial charge in [0.05, 0.1) is 32.7 Å². The Morgan fingerprint density at radius 1 is 1.15 bits per heavy atom. The van der Waals surface area contributed by atoms with E-state index < -0.39 is 10.0 Å². The molecule has 1 aliphatic rings. The van der Waals surface area contributed by atoms with Crippen molar-refractivity contribution in [2.45, 2.75) is 26.4 Å². The van der Waals surface area contributed by atoms with E-state index in [0.717, 1.165) is 23.2 Å². The predicted octanol–water partition coefficient (Wildman–Crippen LogP) is 3.13. The summed E-state index contributed by atoms with van der Waals surface area (Å²) in [6, 6.07) is 10.6. The highest BCUT2D eigenvalue weighted by atomic mass is 35.5. The average Bonchev–Trinajstić information content (AvgIpc) is 3.07. The largest absolute Gasteiger partial charge is 0.497 e. The molecular formula is C22H25ClN5O4S+. The first kappa shape index (κ1) is 23.1. The van der Waals surface area contributed by atoms with Gasteiger partial charge in [0, 0.05) is 27.3 Å². The van der Waals surface area contributed by atoms with Gasteiger partial charge < -0.3 is 9.47 Å². The second-order valence-corrected chi connectivity index (χ2v) is 9.77. The van der Waals surface area contributed by atoms with E-state index in [1.165, 1.54) is 0 Å². The van der Waals surface area contributed by atoms with Gasteiger partial charge in [-0.1, -0.05) is 11.6 Å². The van der Waals surface area contributed by atoms with E-state index in [1.807, 2.05) is 32.0 Å². The van der Waals surface area contributed by atoms with Crippen LogP contribution in [0, 0.1) is 0 Å². The minimum absolute atomic E-state index is 0.169. The molecule has 11 heteroatoms. The van der Waals surface area contributed by atoms with Crippen molar-refractivity contribution in [3.8, 4) is 17.2 Å². The van der Waals surface area contributed by atoms with Gasteiger partial charge in [0.25, 0.3) is 10.0 Å². The number of aliphatic imine (C=N–C) groups is 1. The number of aromatic nitrogens is 3. The van der Waals surface area contributed by atoms with Gasteiger partial charge in [-0.05, 0) is 44.2 Å². The number of rotatable bonds is 6. The van der Waals surface area contributed by atoms with Crippen LogP contribution in [-0.4, -0.2) is 44.4 Å². The number of nitrogens with one attached hydrogen (secondary N) is 1. The summed E-state index contributed by atoms with van der Waals surface area (Å²) in [7, 11) is -0.397. The van der Waals surface area contributed by atoms with E-state index >= 15 is 0 Å². The normalized spacial score (nSPS) is 15.2. The van der Waals surface area contributed by atoms with Gasteiger partial charge in [-0.2, -0.15) is 17.7 Å². The molecule has 0 bridgehead atoms. The number of halogens is 1. The maximum absolute atomic E-state index is 12.1. The third-order valence-corrected chi connectivity index (χ3v) is 6.10. The number of aryl methyl sites for hydroxylation is 1. The van der Waals surface area contributed by atoms with Crippen molar-refractivity contribution >= 4 is 33.3 Å². The Hall–Kier alpha value is -3.11. The van der Waals surface area contributed by atoms with Gasteiger partial charge in [0.2, 0.25) is 5.82 Å². The van der Waals surface area contributed by atoms with E-state index in [-0.39, 0.29) is 12.0 Å². The maximum Gasteiger partial charge on any atom is 0.397 e. The van der Waals surface area contributed by atoms with Crippen LogP contribution in [0.3, 0.4) is 0 Å². The first-order chi connectivity index (χ1) is 15.7. The summed E-state index contributed by atoms with van der Waals surface area (Å²) in [6.07, 6.45) is 1.09. The first-order valence-electron chi connectivity index (χ1n) is 10.3. The molecule has 4 rings (SSSR count). The van der Waals surface area contributed by atoms with Crippen molar-refractivity contribution in [1.82, 2.24) is 9.78 Å². The van der Waals surface area contributed by atoms with Crippen LogP contribution in [0.5, 0.6) is 11.5 Å². The third kappa shape index (κ3) is 4.28. The molecule has 2 aromatic carbocycles. The number of sulfonamides is 1. The lowest BCUT2D eigenvalue weighted by Crippen LogP contribution is -2.39. The Morgan fingerprint density at radius 3 is 2.52 bits per heavy atom. The molecule has 1 N–H and O–H groups in total. The summed E-state index contributed by atoms with van der Waals surface area (Å²) in [6.45, 7) is 4.40. The molecule has 3 aromatic rings. The molecular weight excluding hydrogens is 466 g/mol. The fraction of sp³-hybridized carbons (Fsp3) is 0.318. The van der Waals surface area contributed by atoms with Gasteiger partial charge in [0.15, 0.2) is 0 Å². The van der Waals surface area contributed by atoms with Crippen LogP contribution < -0.4 is 18.8 Å². The summed E-state index contributed by atoms with van der Waals surface area (Å²) in [5.41, 5.74) is 2.87. The van der Waals surface area contributed by atoms with Crippen LogP contribution in [0.25, 0.3) is 5.69 Å². The average molecular weight is 491 g/mol. The van der Waals surface area contributed by atoms with Crippen LogP contribution in [0.15, 0.2) is 41.4 Å². The molecule has 1 unspecified atom stereocenters. The first-order valence-corrected chi connectivity index (χ1v) is 12.5. The monoisotopic (exact) mass is 490 g/mol. The second kappa shape index (κ2) is 8.68. The van der Waals surface area contributed by atoms with Gasteiger partial charge in [0.1, 0.15) is 23.2 Å². The zero-order chi connectivity index (χ0) is 23.9. The minimum atomic E-state index is -3.58. The number of hydrogen-bond acceptors (Lipinski definition) is 6. The molecule has 0 spiro atoms. The fourth-order valence-corrected chi connectivity index (χ4v) is 4.59. The molecule has 0 amide bonds. The smallest absolute Gasteiger partial charge is 0.397 e. The Kier molecular flexibility index (Phi) is 6.06. The molecule has 1 atom stereocenters. The fourth-order valence-electron chi connectivity index (χ4n) is 3.96. The van der Waals surface area contributed by atoms with E-state index in [0.29, 0.717) is 34.5 Å². The molecule has 0 radical (unpaired) electrons. The molecule has 0 saturated carbocycles. The Bertz CT molecular complexity index is 1370. The van der Waals surface area contributed by atoms with Crippen molar-refractivity contribution in [3.63, 3.8) is 0 Å². The molecule has 174 valence electrons. The number of ether oxygens (including phenoxy) is 2. The van der Waals surface area contributed by atoms with E-state index in [9.17, 15) is 8.42 Å². The Morgan fingerprint density at radius 2 is 1.88 bits per heavy atom. The number of hydrogen-bond donors (Lipinski definition) is 1. The van der Waals surface area contributed by atoms with Gasteiger partial charge in [-0.15, -0.1) is 4.68 Å². The highest BCUT2D eigenvalue weighted by molar-refractivity contribution is 7.91. The van der Waals surface area contributed by atoms with Gasteiger partial charge >= 0.3 is 5.95 Å². The number of methoxy groups -OCH3 is 2. The van der Waals surface area contributed by atoms with Crippen LogP contribution in [0.4, 0.5) is 5.95 Å². The molecule has 0 saturated heterocycles. The highest BCUT2D eigenvalue weighted by Gasteiger charge is 2.36. The predicted molar refractivity (Wildman–Crippen MR) is 127 cm³/mol.